The minimum Gasteiger partial charge on any atom is -0.497 e. The lowest BCUT2D eigenvalue weighted by molar-refractivity contribution is 0.135. The second-order valence-corrected chi connectivity index (χ2v) is 4.99. The predicted molar refractivity (Wildman–Crippen MR) is 79.5 cm³/mol. The Morgan fingerprint density at radius 3 is 2.90 bits per heavy atom. The molecule has 4 nitrogen and oxygen atoms in total. The molecule has 0 radical (unpaired) electrons. The summed E-state index contributed by atoms with van der Waals surface area (Å²) in [6, 6.07) is 10.4. The summed E-state index contributed by atoms with van der Waals surface area (Å²) in [6.45, 7) is 1.66. The Morgan fingerprint density at radius 1 is 1.30 bits per heavy atom. The van der Waals surface area contributed by atoms with E-state index in [1.165, 1.54) is 5.56 Å². The lowest BCUT2D eigenvalue weighted by Gasteiger charge is -2.20. The summed E-state index contributed by atoms with van der Waals surface area (Å²) < 4.78 is 7.46. The van der Waals surface area contributed by atoms with Gasteiger partial charge in [-0.05, 0) is 42.7 Å². The first-order chi connectivity index (χ1) is 9.90. The van der Waals surface area contributed by atoms with Gasteiger partial charge < -0.3 is 10.1 Å². The molecule has 0 aliphatic carbocycles. The molecule has 1 aromatic carbocycles. The van der Waals surface area contributed by atoms with E-state index in [1.807, 2.05) is 23.2 Å². The maximum atomic E-state index is 5.54. The monoisotopic (exact) mass is 269 g/mol. The Kier molecular flexibility index (Phi) is 4.01. The van der Waals surface area contributed by atoms with Crippen molar-refractivity contribution in [2.45, 2.75) is 25.5 Å². The topological polar surface area (TPSA) is 39.1 Å². The predicted octanol–water partition coefficient (Wildman–Crippen LogP) is 3.04. The summed E-state index contributed by atoms with van der Waals surface area (Å²) >= 11 is 0. The van der Waals surface area contributed by atoms with Gasteiger partial charge in [-0.15, -0.1) is 0 Å². The van der Waals surface area contributed by atoms with Gasteiger partial charge in [0.1, 0.15) is 6.10 Å². The fourth-order valence-corrected chi connectivity index (χ4v) is 2.28. The number of nitrogens with one attached hydrogen (secondary N) is 1. The van der Waals surface area contributed by atoms with Gasteiger partial charge in [-0.1, -0.05) is 12.1 Å². The van der Waals surface area contributed by atoms with Crippen molar-refractivity contribution in [2.24, 2.45) is 0 Å². The molecule has 0 saturated carbocycles. The van der Waals surface area contributed by atoms with Crippen LogP contribution in [0.15, 0.2) is 55.1 Å². The Labute approximate surface area is 119 Å². The van der Waals surface area contributed by atoms with Crippen molar-refractivity contribution in [1.82, 2.24) is 9.78 Å². The minimum atomic E-state index is 0.281. The molecular weight excluding hydrogens is 250 g/mol. The Morgan fingerprint density at radius 2 is 2.20 bits per heavy atom. The van der Waals surface area contributed by atoms with Crippen LogP contribution in [0.5, 0.6) is 0 Å². The van der Waals surface area contributed by atoms with Crippen molar-refractivity contribution in [3.05, 3.63) is 60.6 Å². The van der Waals surface area contributed by atoms with Crippen molar-refractivity contribution >= 4 is 5.69 Å². The van der Waals surface area contributed by atoms with Crippen molar-refractivity contribution in [3.63, 3.8) is 0 Å². The fraction of sp³-hybridized carbons (Fsp3) is 0.312. The molecule has 1 aromatic heterocycles. The van der Waals surface area contributed by atoms with Crippen molar-refractivity contribution in [1.29, 1.82) is 0 Å². The van der Waals surface area contributed by atoms with Crippen LogP contribution in [0.1, 0.15) is 18.4 Å². The standard InChI is InChI=1S/C16H19N3O/c1-2-11-20-16(4-1)12-17-15-7-5-14(6-8-15)13-19-10-3-9-18-19/h2-3,5-11,16-17H,1,4,12-13H2. The van der Waals surface area contributed by atoms with Crippen LogP contribution in [-0.2, 0) is 11.3 Å². The summed E-state index contributed by atoms with van der Waals surface area (Å²) in [5.41, 5.74) is 2.38. The van der Waals surface area contributed by atoms with Gasteiger partial charge in [-0.25, -0.2) is 0 Å². The molecule has 1 unspecified atom stereocenters. The number of ether oxygens (including phenoxy) is 1. The molecular formula is C16H19N3O. The van der Waals surface area contributed by atoms with E-state index >= 15 is 0 Å². The van der Waals surface area contributed by atoms with E-state index in [1.54, 1.807) is 6.20 Å². The smallest absolute Gasteiger partial charge is 0.115 e. The number of allylic oxidation sites excluding steroid dienone is 1. The number of hydrogen-bond donors (Lipinski definition) is 1. The van der Waals surface area contributed by atoms with Crippen LogP contribution in [0.3, 0.4) is 0 Å². The van der Waals surface area contributed by atoms with Crippen LogP contribution in [0.2, 0.25) is 0 Å². The van der Waals surface area contributed by atoms with E-state index < -0.39 is 0 Å². The van der Waals surface area contributed by atoms with Crippen LogP contribution in [0, 0.1) is 0 Å². The molecule has 104 valence electrons. The molecule has 0 saturated heterocycles. The molecule has 4 heteroatoms. The van der Waals surface area contributed by atoms with E-state index in [0.29, 0.717) is 0 Å². The third kappa shape index (κ3) is 3.41. The highest BCUT2D eigenvalue weighted by atomic mass is 16.5. The SMILES string of the molecule is C1=COC(CNc2ccc(Cn3cccn3)cc2)CC1. The first kappa shape index (κ1) is 12.8. The number of aromatic nitrogens is 2. The maximum Gasteiger partial charge on any atom is 0.115 e. The maximum absolute atomic E-state index is 5.54. The summed E-state index contributed by atoms with van der Waals surface area (Å²) in [5.74, 6) is 0. The normalized spacial score (nSPS) is 17.7. The number of rotatable bonds is 5. The highest BCUT2D eigenvalue weighted by molar-refractivity contribution is 5.44. The second-order valence-electron chi connectivity index (χ2n) is 4.99. The van der Waals surface area contributed by atoms with E-state index in [9.17, 15) is 0 Å². The lowest BCUT2D eigenvalue weighted by Crippen LogP contribution is -2.22. The largest absolute Gasteiger partial charge is 0.497 e. The van der Waals surface area contributed by atoms with E-state index in [2.05, 4.69) is 40.8 Å². The summed E-state index contributed by atoms with van der Waals surface area (Å²) in [4.78, 5) is 0. The number of anilines is 1. The van der Waals surface area contributed by atoms with Crippen LogP contribution >= 0.6 is 0 Å². The molecule has 1 atom stereocenters. The third-order valence-corrected chi connectivity index (χ3v) is 3.41. The molecule has 1 aliphatic rings. The third-order valence-electron chi connectivity index (χ3n) is 3.41. The molecule has 3 rings (SSSR count). The van der Waals surface area contributed by atoms with Crippen molar-refractivity contribution in [2.75, 3.05) is 11.9 Å². The minimum absolute atomic E-state index is 0.281. The molecule has 0 amide bonds. The Bertz CT molecular complexity index is 546. The quantitative estimate of drug-likeness (QED) is 0.906. The van der Waals surface area contributed by atoms with Crippen LogP contribution in [0.4, 0.5) is 5.69 Å². The molecule has 0 bridgehead atoms. The molecule has 0 spiro atoms. The number of nitrogens with zero attached hydrogens (tertiary/aromatic N) is 2. The average molecular weight is 269 g/mol. The molecule has 1 aliphatic heterocycles. The van der Waals surface area contributed by atoms with Crippen LogP contribution < -0.4 is 5.32 Å². The van der Waals surface area contributed by atoms with E-state index in [4.69, 9.17) is 4.74 Å². The van der Waals surface area contributed by atoms with Crippen molar-refractivity contribution in [3.8, 4) is 0 Å². The van der Waals surface area contributed by atoms with Gasteiger partial charge in [0.25, 0.3) is 0 Å². The Balaban J connectivity index is 1.52. The first-order valence-corrected chi connectivity index (χ1v) is 7.01. The van der Waals surface area contributed by atoms with E-state index in [-0.39, 0.29) is 6.10 Å². The molecule has 2 heterocycles. The molecule has 20 heavy (non-hydrogen) atoms. The van der Waals surface area contributed by atoms with Gasteiger partial charge in [0.15, 0.2) is 0 Å². The molecule has 0 fully saturated rings. The Hall–Kier alpha value is -2.23. The van der Waals surface area contributed by atoms with Gasteiger partial charge >= 0.3 is 0 Å². The van der Waals surface area contributed by atoms with Crippen LogP contribution in [0.25, 0.3) is 0 Å². The summed E-state index contributed by atoms with van der Waals surface area (Å²) in [5, 5.41) is 7.63. The average Bonchev–Trinajstić information content (AvgIpc) is 3.01. The highest BCUT2D eigenvalue weighted by Gasteiger charge is 2.10. The summed E-state index contributed by atoms with van der Waals surface area (Å²) in [6.07, 6.45) is 10.1. The highest BCUT2D eigenvalue weighted by Crippen LogP contribution is 2.14. The van der Waals surface area contributed by atoms with Gasteiger partial charge in [0, 0.05) is 18.1 Å². The van der Waals surface area contributed by atoms with E-state index in [0.717, 1.165) is 31.6 Å². The van der Waals surface area contributed by atoms with Gasteiger partial charge in [0.05, 0.1) is 19.4 Å². The first-order valence-electron chi connectivity index (χ1n) is 7.01. The van der Waals surface area contributed by atoms with Gasteiger partial charge in [-0.2, -0.15) is 5.10 Å². The zero-order valence-electron chi connectivity index (χ0n) is 11.4. The second kappa shape index (κ2) is 6.28. The van der Waals surface area contributed by atoms with Crippen molar-refractivity contribution < 1.29 is 4.74 Å². The van der Waals surface area contributed by atoms with Gasteiger partial charge in [-0.3, -0.25) is 4.68 Å². The fourth-order valence-electron chi connectivity index (χ4n) is 2.28. The number of benzene rings is 1. The summed E-state index contributed by atoms with van der Waals surface area (Å²) in [7, 11) is 0. The lowest BCUT2D eigenvalue weighted by atomic mass is 10.1. The molecule has 2 aromatic rings. The van der Waals surface area contributed by atoms with Gasteiger partial charge in [0.2, 0.25) is 0 Å². The number of hydrogen-bond acceptors (Lipinski definition) is 3. The van der Waals surface area contributed by atoms with Crippen LogP contribution in [-0.4, -0.2) is 22.4 Å². The molecule has 1 N–H and O–H groups in total. The zero-order chi connectivity index (χ0) is 13.6. The zero-order valence-corrected chi connectivity index (χ0v) is 11.4.